The summed E-state index contributed by atoms with van der Waals surface area (Å²) in [5, 5.41) is 9.56. The van der Waals surface area contributed by atoms with E-state index >= 15 is 0 Å². The van der Waals surface area contributed by atoms with E-state index in [4.69, 9.17) is 16.9 Å². The molecule has 2 aliphatic rings. The van der Waals surface area contributed by atoms with Gasteiger partial charge in [0, 0.05) is 64.5 Å². The number of benzene rings is 4. The lowest BCUT2D eigenvalue weighted by molar-refractivity contribution is -0.136. The fourth-order valence-corrected chi connectivity index (χ4v) is 5.54. The molecule has 5 aromatic rings. The summed E-state index contributed by atoms with van der Waals surface area (Å²) in [6.07, 6.45) is 3.91. The molecule has 2 unspecified atom stereocenters. The van der Waals surface area contributed by atoms with Gasteiger partial charge in [-0.2, -0.15) is 5.26 Å². The molecule has 0 fully saturated rings. The van der Waals surface area contributed by atoms with Crippen molar-refractivity contribution in [1.29, 1.82) is 5.26 Å². The fraction of sp³-hybridized carbons (Fsp3) is 0.125. The SMILES string of the molecule is CC(=O)C#N.CC1=CN(C(=O)c2ccccc2)C(=O)C(C(=O)c2ccccc2)C1=O.CC1=CNC(=O)C(C(=O)c2ccccc2)C1=O.Cc1c[nH]c(=O)[nH]c1=O.O=C(Cl)c1ccccc1. The molecule has 16 nitrogen and oxygen atoms in total. The van der Waals surface area contributed by atoms with Crippen LogP contribution in [-0.4, -0.2) is 66.7 Å². The van der Waals surface area contributed by atoms with Crippen molar-refractivity contribution in [3.05, 3.63) is 200 Å². The Morgan fingerprint density at radius 1 is 0.615 bits per heavy atom. The molecule has 2 atom stereocenters. The topological polar surface area (TPSA) is 258 Å². The number of Topliss-reactive ketones (excluding diaryl/α,β-unsaturated/α-hetero) is 5. The van der Waals surface area contributed by atoms with Crippen molar-refractivity contribution in [3.63, 3.8) is 0 Å². The average molecular weight is 898 g/mol. The van der Waals surface area contributed by atoms with Gasteiger partial charge in [-0.3, -0.25) is 57.8 Å². The Labute approximate surface area is 376 Å². The molecule has 3 amide bonds. The second kappa shape index (κ2) is 24.8. The molecule has 4 aromatic carbocycles. The fourth-order valence-electron chi connectivity index (χ4n) is 5.41. The zero-order chi connectivity index (χ0) is 48.2. The van der Waals surface area contributed by atoms with Crippen molar-refractivity contribution >= 4 is 63.5 Å². The summed E-state index contributed by atoms with van der Waals surface area (Å²) >= 11 is 5.16. The molecule has 1 aromatic heterocycles. The van der Waals surface area contributed by atoms with E-state index in [1.54, 1.807) is 129 Å². The van der Waals surface area contributed by atoms with Crippen LogP contribution in [-0.2, 0) is 24.0 Å². The van der Waals surface area contributed by atoms with E-state index in [1.165, 1.54) is 38.5 Å². The monoisotopic (exact) mass is 897 g/mol. The average Bonchev–Trinajstić information content (AvgIpc) is 3.32. The number of hydrogen-bond donors (Lipinski definition) is 3. The summed E-state index contributed by atoms with van der Waals surface area (Å²) in [4.78, 5) is 132. The summed E-state index contributed by atoms with van der Waals surface area (Å²) in [6.45, 7) is 5.91. The van der Waals surface area contributed by atoms with Crippen LogP contribution < -0.4 is 16.6 Å². The third-order valence-corrected chi connectivity index (χ3v) is 9.06. The van der Waals surface area contributed by atoms with E-state index in [0.717, 1.165) is 4.90 Å². The molecule has 3 heterocycles. The van der Waals surface area contributed by atoms with E-state index in [2.05, 4.69) is 15.3 Å². The van der Waals surface area contributed by atoms with Crippen LogP contribution in [0.15, 0.2) is 161 Å². The molecule has 0 aliphatic carbocycles. The van der Waals surface area contributed by atoms with Gasteiger partial charge >= 0.3 is 5.69 Å². The number of aryl methyl sites for hydroxylation is 1. The van der Waals surface area contributed by atoms with Gasteiger partial charge in [0.05, 0.1) is 0 Å². The van der Waals surface area contributed by atoms with E-state index < -0.39 is 69.4 Å². The van der Waals surface area contributed by atoms with E-state index in [9.17, 15) is 52.7 Å². The summed E-state index contributed by atoms with van der Waals surface area (Å²) in [5.74, 6) is -7.23. The highest BCUT2D eigenvalue weighted by atomic mass is 35.5. The number of nitriles is 1. The molecule has 0 saturated carbocycles. The molecular formula is C48H40ClN5O11. The van der Waals surface area contributed by atoms with Gasteiger partial charge in [0.15, 0.2) is 35.0 Å². The number of imide groups is 1. The van der Waals surface area contributed by atoms with Gasteiger partial charge in [0.2, 0.25) is 11.7 Å². The van der Waals surface area contributed by atoms with Crippen LogP contribution in [0.4, 0.5) is 0 Å². The van der Waals surface area contributed by atoms with Crippen LogP contribution in [0.1, 0.15) is 67.8 Å². The number of nitrogens with zero attached hydrogens (tertiary/aromatic N) is 2. The molecule has 0 spiro atoms. The summed E-state index contributed by atoms with van der Waals surface area (Å²) in [5.41, 5.74) is 1.77. The maximum absolute atomic E-state index is 12.7. The van der Waals surface area contributed by atoms with Crippen molar-refractivity contribution in [1.82, 2.24) is 20.2 Å². The number of carbonyl (C=O) groups excluding carboxylic acids is 9. The number of allylic oxidation sites excluding steroid dienone is 2. The Balaban J connectivity index is 0.000000241. The van der Waals surface area contributed by atoms with Gasteiger partial charge in [0.1, 0.15) is 6.07 Å². The maximum Gasteiger partial charge on any atom is 0.325 e. The van der Waals surface area contributed by atoms with Crippen LogP contribution in [0.3, 0.4) is 0 Å². The minimum absolute atomic E-state index is 0.193. The highest BCUT2D eigenvalue weighted by molar-refractivity contribution is 6.67. The third-order valence-electron chi connectivity index (χ3n) is 8.85. The Hall–Kier alpha value is -8.55. The normalized spacial score (nSPS) is 14.7. The highest BCUT2D eigenvalue weighted by Crippen LogP contribution is 2.24. The standard InChI is InChI=1S/C20H15NO4.C13H11NO3.C7H5ClO.C5H6N2O2.C3H3NO/c1-13-12-21(19(24)15-10-6-3-7-11-15)20(25)16(17(13)22)18(23)14-8-4-2-5-9-14;1-8-7-14-13(17)10(11(8)15)12(16)9-5-3-2-4-6-9;8-7(9)6-4-2-1-3-5-6;1-3-2-6-5(9)7-4(3)8;1-3(5)2-4/h2-12,16H,1H3;2-7,10H,1H3,(H,14,17);1-5H;2H,1H3,(H2,6,7,8,9);1H3. The number of H-pyrrole nitrogens is 2. The second-order valence-corrected chi connectivity index (χ2v) is 14.0. The van der Waals surface area contributed by atoms with E-state index in [-0.39, 0.29) is 16.7 Å². The molecule has 17 heteroatoms. The zero-order valence-corrected chi connectivity index (χ0v) is 36.0. The summed E-state index contributed by atoms with van der Waals surface area (Å²) < 4.78 is 0. The number of rotatable bonds is 6. The first-order valence-electron chi connectivity index (χ1n) is 19.2. The van der Waals surface area contributed by atoms with Crippen molar-refractivity contribution < 1.29 is 43.2 Å². The van der Waals surface area contributed by atoms with Gasteiger partial charge in [-0.05, 0) is 44.5 Å². The molecule has 65 heavy (non-hydrogen) atoms. The molecular weight excluding hydrogens is 858 g/mol. The van der Waals surface area contributed by atoms with Crippen LogP contribution >= 0.6 is 11.6 Å². The number of nitrogens with one attached hydrogen (secondary N) is 3. The lowest BCUT2D eigenvalue weighted by atomic mass is 9.87. The van der Waals surface area contributed by atoms with Gasteiger partial charge in [0.25, 0.3) is 22.6 Å². The van der Waals surface area contributed by atoms with Crippen molar-refractivity contribution in [3.8, 4) is 6.07 Å². The molecule has 0 saturated heterocycles. The maximum atomic E-state index is 12.7. The van der Waals surface area contributed by atoms with Gasteiger partial charge in [-0.1, -0.05) is 109 Å². The van der Waals surface area contributed by atoms with Crippen molar-refractivity contribution in [2.75, 3.05) is 0 Å². The number of ketones is 5. The molecule has 330 valence electrons. The summed E-state index contributed by atoms with van der Waals surface area (Å²) in [6, 6.07) is 34.8. The van der Waals surface area contributed by atoms with Gasteiger partial charge in [-0.15, -0.1) is 0 Å². The minimum Gasteiger partial charge on any atom is -0.331 e. The Bertz CT molecular complexity index is 2810. The number of aromatic amines is 2. The number of hydrogen-bond acceptors (Lipinski definition) is 12. The first-order chi connectivity index (χ1) is 30.9. The Morgan fingerprint density at radius 2 is 1.03 bits per heavy atom. The molecule has 0 bridgehead atoms. The number of carbonyl (C=O) groups is 9. The van der Waals surface area contributed by atoms with Crippen molar-refractivity contribution in [2.24, 2.45) is 11.8 Å². The van der Waals surface area contributed by atoms with Crippen molar-refractivity contribution in [2.45, 2.75) is 27.7 Å². The zero-order valence-electron chi connectivity index (χ0n) is 35.2. The quantitative estimate of drug-likeness (QED) is 0.0648. The van der Waals surface area contributed by atoms with Crippen LogP contribution in [0.2, 0.25) is 0 Å². The Morgan fingerprint density at radius 3 is 1.43 bits per heavy atom. The number of amides is 3. The highest BCUT2D eigenvalue weighted by Gasteiger charge is 2.43. The molecule has 2 aliphatic heterocycles. The lowest BCUT2D eigenvalue weighted by Gasteiger charge is -2.27. The minimum atomic E-state index is -1.53. The predicted molar refractivity (Wildman–Crippen MR) is 237 cm³/mol. The van der Waals surface area contributed by atoms with Crippen LogP contribution in [0, 0.1) is 30.1 Å². The Kier molecular flexibility index (Phi) is 19.4. The molecule has 3 N–H and O–H groups in total. The number of halogens is 1. The predicted octanol–water partition coefficient (Wildman–Crippen LogP) is 5.27. The first-order valence-corrected chi connectivity index (χ1v) is 19.6. The van der Waals surface area contributed by atoms with E-state index in [1.807, 2.05) is 6.07 Å². The van der Waals surface area contributed by atoms with Gasteiger partial charge in [-0.25, -0.2) is 4.79 Å². The second-order valence-electron chi connectivity index (χ2n) is 13.6. The van der Waals surface area contributed by atoms with Crippen LogP contribution in [0.5, 0.6) is 0 Å². The van der Waals surface area contributed by atoms with Crippen LogP contribution in [0.25, 0.3) is 0 Å². The largest absolute Gasteiger partial charge is 0.331 e. The lowest BCUT2D eigenvalue weighted by Crippen LogP contribution is -2.47. The third kappa shape index (κ3) is 14.8. The molecule has 0 radical (unpaired) electrons. The molecule has 7 rings (SSSR count). The number of aromatic nitrogens is 2. The van der Waals surface area contributed by atoms with E-state index in [0.29, 0.717) is 27.8 Å². The van der Waals surface area contributed by atoms with Gasteiger partial charge < -0.3 is 10.3 Å². The summed E-state index contributed by atoms with van der Waals surface area (Å²) in [7, 11) is 0. The smallest absolute Gasteiger partial charge is 0.325 e. The first kappa shape index (κ1) is 50.8.